The molecule has 1 rings (SSSR count). The molecule has 0 aliphatic carbocycles. The van der Waals surface area contributed by atoms with Crippen LogP contribution in [0.2, 0.25) is 0 Å². The van der Waals surface area contributed by atoms with E-state index in [0.717, 1.165) is 5.75 Å². The molecular weight excluding hydrogens is 155 g/mol. The summed E-state index contributed by atoms with van der Waals surface area (Å²) in [6, 6.07) is 9.93. The Morgan fingerprint density at radius 1 is 1.18 bits per heavy atom. The molecule has 1 unspecified atom stereocenters. The molecule has 11 heavy (non-hydrogen) atoms. The van der Waals surface area contributed by atoms with Gasteiger partial charge in [0.15, 0.2) is 0 Å². The molecule has 0 heterocycles. The Kier molecular flexibility index (Phi) is 3.38. The zero-order valence-electron chi connectivity index (χ0n) is 6.87. The zero-order valence-corrected chi connectivity index (χ0v) is 7.87. The van der Waals surface area contributed by atoms with Crippen LogP contribution in [-0.4, -0.2) is 5.66 Å². The van der Waals surface area contributed by atoms with Gasteiger partial charge in [0.1, 0.15) is 5.75 Å². The topological polar surface area (TPSA) is 9.23 Å². The van der Waals surface area contributed by atoms with Crippen LogP contribution < -0.4 is 4.52 Å². The molecule has 0 aromatic heterocycles. The van der Waals surface area contributed by atoms with Crippen LogP contribution in [0.3, 0.4) is 0 Å². The van der Waals surface area contributed by atoms with Crippen molar-refractivity contribution in [2.45, 2.75) is 19.5 Å². The van der Waals surface area contributed by atoms with Gasteiger partial charge in [0, 0.05) is 5.66 Å². The van der Waals surface area contributed by atoms with E-state index in [1.165, 1.54) is 0 Å². The van der Waals surface area contributed by atoms with Gasteiger partial charge in [-0.15, -0.1) is 0 Å². The van der Waals surface area contributed by atoms with Gasteiger partial charge in [-0.2, -0.15) is 0 Å². The highest BCUT2D eigenvalue weighted by atomic mass is 31.1. The summed E-state index contributed by atoms with van der Waals surface area (Å²) < 4.78 is 5.50. The number of rotatable bonds is 3. The van der Waals surface area contributed by atoms with Crippen molar-refractivity contribution in [2.75, 3.05) is 0 Å². The molecule has 0 saturated carbocycles. The second-order valence-corrected chi connectivity index (χ2v) is 4.28. The molecule has 1 atom stereocenters. The van der Waals surface area contributed by atoms with Gasteiger partial charge >= 0.3 is 0 Å². The maximum atomic E-state index is 5.50. The summed E-state index contributed by atoms with van der Waals surface area (Å²) >= 11 is 0. The Bertz CT molecular complexity index is 196. The minimum atomic E-state index is 0.566. The first-order valence-electron chi connectivity index (χ1n) is 3.76. The SMILES string of the molecule is CC(C)POc1ccccc1. The minimum Gasteiger partial charge on any atom is -0.477 e. The number of para-hydroxylation sites is 1. The minimum absolute atomic E-state index is 0.566. The average molecular weight is 168 g/mol. The van der Waals surface area contributed by atoms with Crippen molar-refractivity contribution in [3.05, 3.63) is 30.3 Å². The molecule has 0 bridgehead atoms. The summed E-state index contributed by atoms with van der Waals surface area (Å²) in [5.41, 5.74) is 0.621. The van der Waals surface area contributed by atoms with E-state index in [1.807, 2.05) is 30.3 Å². The van der Waals surface area contributed by atoms with Gasteiger partial charge in [-0.25, -0.2) is 0 Å². The van der Waals surface area contributed by atoms with Gasteiger partial charge < -0.3 is 4.52 Å². The maximum Gasteiger partial charge on any atom is 0.122 e. The summed E-state index contributed by atoms with van der Waals surface area (Å²) in [6.45, 7) is 4.31. The van der Waals surface area contributed by atoms with E-state index in [1.54, 1.807) is 0 Å². The van der Waals surface area contributed by atoms with Crippen molar-refractivity contribution in [1.82, 2.24) is 0 Å². The number of hydrogen-bond donors (Lipinski definition) is 0. The fourth-order valence-corrected chi connectivity index (χ4v) is 1.18. The Balaban J connectivity index is 2.39. The average Bonchev–Trinajstić information content (AvgIpc) is 2.03. The normalized spacial score (nSPS) is 11.2. The van der Waals surface area contributed by atoms with E-state index >= 15 is 0 Å². The van der Waals surface area contributed by atoms with Crippen molar-refractivity contribution >= 4 is 8.81 Å². The molecule has 1 nitrogen and oxygen atoms in total. The summed E-state index contributed by atoms with van der Waals surface area (Å²) in [5, 5.41) is 0. The lowest BCUT2D eigenvalue weighted by Gasteiger charge is -2.06. The Morgan fingerprint density at radius 2 is 1.82 bits per heavy atom. The highest BCUT2D eigenvalue weighted by Gasteiger charge is 1.94. The lowest BCUT2D eigenvalue weighted by atomic mass is 10.3. The fraction of sp³-hybridized carbons (Fsp3) is 0.333. The molecular formula is C9H13OP. The van der Waals surface area contributed by atoms with Crippen molar-refractivity contribution in [3.8, 4) is 5.75 Å². The first-order chi connectivity index (χ1) is 5.29. The van der Waals surface area contributed by atoms with Gasteiger partial charge in [-0.1, -0.05) is 32.0 Å². The van der Waals surface area contributed by atoms with Gasteiger partial charge in [0.05, 0.1) is 8.81 Å². The summed E-state index contributed by atoms with van der Waals surface area (Å²) in [5.74, 6) is 0.972. The van der Waals surface area contributed by atoms with Crippen LogP contribution in [0.5, 0.6) is 5.75 Å². The smallest absolute Gasteiger partial charge is 0.122 e. The predicted molar refractivity (Wildman–Crippen MR) is 50.5 cm³/mol. The van der Waals surface area contributed by atoms with Crippen LogP contribution in [0.15, 0.2) is 30.3 Å². The third kappa shape index (κ3) is 3.38. The molecule has 0 aliphatic heterocycles. The molecule has 0 N–H and O–H groups in total. The monoisotopic (exact) mass is 168 g/mol. The van der Waals surface area contributed by atoms with E-state index in [-0.39, 0.29) is 0 Å². The lowest BCUT2D eigenvalue weighted by molar-refractivity contribution is 0.622. The predicted octanol–water partition coefficient (Wildman–Crippen LogP) is 3.07. The van der Waals surface area contributed by atoms with E-state index in [2.05, 4.69) is 13.8 Å². The van der Waals surface area contributed by atoms with Gasteiger partial charge in [-0.3, -0.25) is 0 Å². The third-order valence-corrected chi connectivity index (χ3v) is 1.98. The van der Waals surface area contributed by atoms with Gasteiger partial charge in [-0.05, 0) is 12.1 Å². The molecule has 60 valence electrons. The van der Waals surface area contributed by atoms with Crippen LogP contribution >= 0.6 is 8.81 Å². The van der Waals surface area contributed by atoms with Crippen LogP contribution in [0.1, 0.15) is 13.8 Å². The summed E-state index contributed by atoms with van der Waals surface area (Å²) in [6.07, 6.45) is 0. The van der Waals surface area contributed by atoms with Gasteiger partial charge in [0.2, 0.25) is 0 Å². The van der Waals surface area contributed by atoms with E-state index in [0.29, 0.717) is 14.5 Å². The lowest BCUT2D eigenvalue weighted by Crippen LogP contribution is -1.87. The zero-order chi connectivity index (χ0) is 8.10. The molecule has 2 heteroatoms. The largest absolute Gasteiger partial charge is 0.477 e. The highest BCUT2D eigenvalue weighted by molar-refractivity contribution is 7.33. The molecule has 0 fully saturated rings. The second kappa shape index (κ2) is 4.35. The summed E-state index contributed by atoms with van der Waals surface area (Å²) in [4.78, 5) is 0. The Labute approximate surface area is 69.6 Å². The Hall–Kier alpha value is -0.550. The van der Waals surface area contributed by atoms with E-state index in [9.17, 15) is 0 Å². The van der Waals surface area contributed by atoms with Crippen molar-refractivity contribution < 1.29 is 4.52 Å². The van der Waals surface area contributed by atoms with E-state index in [4.69, 9.17) is 4.52 Å². The quantitative estimate of drug-likeness (QED) is 0.630. The van der Waals surface area contributed by atoms with Crippen LogP contribution in [-0.2, 0) is 0 Å². The van der Waals surface area contributed by atoms with Crippen molar-refractivity contribution in [3.63, 3.8) is 0 Å². The third-order valence-electron chi connectivity index (χ3n) is 1.16. The van der Waals surface area contributed by atoms with Crippen LogP contribution in [0.4, 0.5) is 0 Å². The molecule has 0 radical (unpaired) electrons. The van der Waals surface area contributed by atoms with Crippen LogP contribution in [0.25, 0.3) is 0 Å². The molecule has 0 amide bonds. The maximum absolute atomic E-state index is 5.50. The molecule has 0 saturated heterocycles. The van der Waals surface area contributed by atoms with Crippen molar-refractivity contribution in [2.24, 2.45) is 0 Å². The molecule has 1 aromatic rings. The second-order valence-electron chi connectivity index (χ2n) is 2.69. The molecule has 1 aromatic carbocycles. The number of benzene rings is 1. The highest BCUT2D eigenvalue weighted by Crippen LogP contribution is 2.23. The fourth-order valence-electron chi connectivity index (χ4n) is 0.674. The first-order valence-corrected chi connectivity index (χ1v) is 4.75. The molecule has 0 aliphatic rings. The van der Waals surface area contributed by atoms with Gasteiger partial charge in [0.25, 0.3) is 0 Å². The molecule has 0 spiro atoms. The first kappa shape index (κ1) is 8.55. The Morgan fingerprint density at radius 3 is 2.36 bits per heavy atom. The van der Waals surface area contributed by atoms with Crippen LogP contribution in [0, 0.1) is 0 Å². The van der Waals surface area contributed by atoms with Crippen molar-refractivity contribution in [1.29, 1.82) is 0 Å². The standard InChI is InChI=1S/C9H13OP/c1-8(2)11-10-9-6-4-3-5-7-9/h3-8,11H,1-2H3. The van der Waals surface area contributed by atoms with E-state index < -0.39 is 0 Å². The number of hydrogen-bond acceptors (Lipinski definition) is 1. The summed E-state index contributed by atoms with van der Waals surface area (Å²) in [7, 11) is 0.566.